The van der Waals surface area contributed by atoms with E-state index < -0.39 is 11.1 Å². The van der Waals surface area contributed by atoms with Gasteiger partial charge in [0.15, 0.2) is 0 Å². The zero-order valence-corrected chi connectivity index (χ0v) is 14.2. The van der Waals surface area contributed by atoms with Crippen molar-refractivity contribution in [1.29, 1.82) is 0 Å². The van der Waals surface area contributed by atoms with E-state index in [1.807, 2.05) is 6.92 Å². The largest absolute Gasteiger partial charge is 0.497 e. The number of hydrogen-bond donors (Lipinski definition) is 0. The molecule has 1 aromatic carbocycles. The van der Waals surface area contributed by atoms with Crippen LogP contribution in [0.15, 0.2) is 39.7 Å². The van der Waals surface area contributed by atoms with Crippen molar-refractivity contribution in [3.8, 4) is 11.5 Å². The van der Waals surface area contributed by atoms with Gasteiger partial charge in [-0.1, -0.05) is 0 Å². The Morgan fingerprint density at radius 2 is 1.92 bits per heavy atom. The summed E-state index contributed by atoms with van der Waals surface area (Å²) in [6.07, 6.45) is 1.56. The van der Waals surface area contributed by atoms with Crippen LogP contribution in [-0.2, 0) is 4.79 Å². The summed E-state index contributed by atoms with van der Waals surface area (Å²) in [6.45, 7) is 1.81. The predicted molar refractivity (Wildman–Crippen MR) is 91.4 cm³/mol. The van der Waals surface area contributed by atoms with Crippen LogP contribution in [0.2, 0.25) is 0 Å². The van der Waals surface area contributed by atoms with Crippen LogP contribution in [0.5, 0.6) is 11.5 Å². The van der Waals surface area contributed by atoms with E-state index in [4.69, 9.17) is 13.9 Å². The topological polar surface area (TPSA) is 69.0 Å². The summed E-state index contributed by atoms with van der Waals surface area (Å²) in [7, 11) is 3.00. The highest BCUT2D eigenvalue weighted by molar-refractivity contribution is 8.19. The smallest absolute Gasteiger partial charge is 0.298 e. The number of carbonyl (C=O) groups is 2. The molecular weight excluding hydrogens is 330 g/mol. The van der Waals surface area contributed by atoms with Gasteiger partial charge in [-0.25, -0.2) is 4.90 Å². The highest BCUT2D eigenvalue weighted by Crippen LogP contribution is 2.41. The van der Waals surface area contributed by atoms with Crippen LogP contribution >= 0.6 is 11.8 Å². The number of furan rings is 1. The van der Waals surface area contributed by atoms with E-state index in [9.17, 15) is 9.59 Å². The Hall–Kier alpha value is -2.67. The average Bonchev–Trinajstić information content (AvgIpc) is 3.10. The lowest BCUT2D eigenvalue weighted by Crippen LogP contribution is -2.28. The van der Waals surface area contributed by atoms with Crippen molar-refractivity contribution in [3.63, 3.8) is 0 Å². The fourth-order valence-electron chi connectivity index (χ4n) is 2.31. The molecule has 0 saturated carbocycles. The van der Waals surface area contributed by atoms with E-state index in [0.717, 1.165) is 22.4 Å². The van der Waals surface area contributed by atoms with Gasteiger partial charge in [0, 0.05) is 12.1 Å². The number of imide groups is 1. The first-order valence-electron chi connectivity index (χ1n) is 7.10. The molecule has 1 aliphatic rings. The normalized spacial score (nSPS) is 16.1. The summed E-state index contributed by atoms with van der Waals surface area (Å²) >= 11 is 0.862. The average molecular weight is 345 g/mol. The molecule has 0 unspecified atom stereocenters. The van der Waals surface area contributed by atoms with Gasteiger partial charge in [-0.3, -0.25) is 9.59 Å². The van der Waals surface area contributed by atoms with Crippen LogP contribution in [0.4, 0.5) is 10.5 Å². The standard InChI is InChI=1S/C17H15NO5S/c1-10-4-5-12(23-10)9-15-16(19)18(17(20)24-15)13-7-6-11(21-2)8-14(13)22-3/h4-9H,1-3H3/b15-9+. The number of hydrogen-bond acceptors (Lipinski definition) is 6. The molecule has 0 N–H and O–H groups in total. The number of nitrogens with zero attached hydrogens (tertiary/aromatic N) is 1. The summed E-state index contributed by atoms with van der Waals surface area (Å²) in [5, 5.41) is -0.391. The molecule has 124 valence electrons. The first kappa shape index (κ1) is 16.2. The van der Waals surface area contributed by atoms with Crippen LogP contribution in [-0.4, -0.2) is 25.4 Å². The molecule has 1 aliphatic heterocycles. The quantitative estimate of drug-likeness (QED) is 0.784. The Balaban J connectivity index is 1.96. The van der Waals surface area contributed by atoms with Gasteiger partial charge in [-0.05, 0) is 43.0 Å². The van der Waals surface area contributed by atoms with Gasteiger partial charge in [-0.2, -0.15) is 0 Å². The maximum Gasteiger partial charge on any atom is 0.298 e. The molecule has 0 aliphatic carbocycles. The molecular formula is C17H15NO5S. The number of carbonyl (C=O) groups excluding carboxylic acids is 2. The minimum atomic E-state index is -0.414. The number of rotatable bonds is 4. The predicted octanol–water partition coefficient (Wildman–Crippen LogP) is 3.85. The van der Waals surface area contributed by atoms with Gasteiger partial charge in [-0.15, -0.1) is 0 Å². The SMILES string of the molecule is COc1ccc(N2C(=O)S/C(=C/c3ccc(C)o3)C2=O)c(OC)c1. The van der Waals surface area contributed by atoms with Crippen LogP contribution in [0.3, 0.4) is 0 Å². The van der Waals surface area contributed by atoms with Gasteiger partial charge < -0.3 is 13.9 Å². The molecule has 6 nitrogen and oxygen atoms in total. The van der Waals surface area contributed by atoms with Crippen molar-refractivity contribution in [3.05, 3.63) is 46.8 Å². The highest BCUT2D eigenvalue weighted by atomic mass is 32.2. The molecule has 2 aromatic rings. The molecule has 2 heterocycles. The molecule has 1 fully saturated rings. The number of anilines is 1. The molecule has 24 heavy (non-hydrogen) atoms. The van der Waals surface area contributed by atoms with E-state index in [2.05, 4.69) is 0 Å². The molecule has 0 spiro atoms. The molecule has 0 radical (unpaired) electrons. The summed E-state index contributed by atoms with van der Waals surface area (Å²) in [5.74, 6) is 1.80. The van der Waals surface area contributed by atoms with Crippen molar-refractivity contribution in [1.82, 2.24) is 0 Å². The number of benzene rings is 1. The minimum absolute atomic E-state index is 0.298. The first-order chi connectivity index (χ1) is 11.5. The van der Waals surface area contributed by atoms with Crippen molar-refractivity contribution in [2.75, 3.05) is 19.1 Å². The first-order valence-corrected chi connectivity index (χ1v) is 7.91. The second-order valence-electron chi connectivity index (χ2n) is 5.00. The number of ether oxygens (including phenoxy) is 2. The number of amides is 2. The number of aryl methyl sites for hydroxylation is 1. The van der Waals surface area contributed by atoms with Crippen molar-refractivity contribution in [2.24, 2.45) is 0 Å². The molecule has 1 saturated heterocycles. The summed E-state index contributed by atoms with van der Waals surface area (Å²) in [5.41, 5.74) is 0.375. The highest BCUT2D eigenvalue weighted by Gasteiger charge is 2.38. The lowest BCUT2D eigenvalue weighted by Gasteiger charge is -2.16. The second kappa shape index (κ2) is 6.45. The molecule has 7 heteroatoms. The monoisotopic (exact) mass is 345 g/mol. The van der Waals surface area contributed by atoms with Gasteiger partial charge >= 0.3 is 0 Å². The van der Waals surface area contributed by atoms with Gasteiger partial charge in [0.05, 0.1) is 24.8 Å². The second-order valence-corrected chi connectivity index (χ2v) is 6.00. The van der Waals surface area contributed by atoms with Crippen LogP contribution < -0.4 is 14.4 Å². The molecule has 0 bridgehead atoms. The summed E-state index contributed by atoms with van der Waals surface area (Å²) < 4.78 is 15.8. The fraction of sp³-hybridized carbons (Fsp3) is 0.176. The van der Waals surface area contributed by atoms with Crippen LogP contribution in [0.25, 0.3) is 6.08 Å². The van der Waals surface area contributed by atoms with Crippen molar-refractivity contribution in [2.45, 2.75) is 6.92 Å². The van der Waals surface area contributed by atoms with Crippen LogP contribution in [0, 0.1) is 6.92 Å². The molecule has 1 aromatic heterocycles. The summed E-state index contributed by atoms with van der Waals surface area (Å²) in [4.78, 5) is 26.3. The fourth-order valence-corrected chi connectivity index (χ4v) is 3.12. The third kappa shape index (κ3) is 2.90. The third-order valence-electron chi connectivity index (χ3n) is 3.46. The van der Waals surface area contributed by atoms with E-state index in [-0.39, 0.29) is 0 Å². The maximum atomic E-state index is 12.6. The maximum absolute atomic E-state index is 12.6. The Kier molecular flexibility index (Phi) is 4.35. The van der Waals surface area contributed by atoms with Gasteiger partial charge in [0.25, 0.3) is 11.1 Å². The van der Waals surface area contributed by atoms with E-state index in [1.54, 1.807) is 36.4 Å². The number of thioether (sulfide) groups is 1. The molecule has 0 atom stereocenters. The van der Waals surface area contributed by atoms with Crippen molar-refractivity contribution >= 4 is 34.7 Å². The van der Waals surface area contributed by atoms with Gasteiger partial charge in [0.2, 0.25) is 0 Å². The molecule has 2 amide bonds. The lowest BCUT2D eigenvalue weighted by molar-refractivity contribution is -0.113. The van der Waals surface area contributed by atoms with E-state index in [1.165, 1.54) is 14.2 Å². The van der Waals surface area contributed by atoms with E-state index in [0.29, 0.717) is 27.9 Å². The van der Waals surface area contributed by atoms with E-state index >= 15 is 0 Å². The zero-order chi connectivity index (χ0) is 17.3. The minimum Gasteiger partial charge on any atom is -0.497 e. The van der Waals surface area contributed by atoms with Crippen molar-refractivity contribution < 1.29 is 23.5 Å². The molecule has 3 rings (SSSR count). The summed E-state index contributed by atoms with van der Waals surface area (Å²) in [6, 6.07) is 8.45. The van der Waals surface area contributed by atoms with Gasteiger partial charge in [0.1, 0.15) is 23.0 Å². The third-order valence-corrected chi connectivity index (χ3v) is 4.33. The number of methoxy groups -OCH3 is 2. The lowest BCUT2D eigenvalue weighted by atomic mass is 10.2. The Bertz CT molecular complexity index is 839. The Morgan fingerprint density at radius 1 is 1.12 bits per heavy atom. The Morgan fingerprint density at radius 3 is 2.54 bits per heavy atom. The zero-order valence-electron chi connectivity index (χ0n) is 13.4. The Labute approximate surface area is 143 Å². The van der Waals surface area contributed by atoms with Crippen LogP contribution in [0.1, 0.15) is 11.5 Å².